The molecular formula is C3HCaKO9Zr. The molecule has 0 bridgehead atoms. The minimum absolute atomic E-state index is 0. The summed E-state index contributed by atoms with van der Waals surface area (Å²) in [4.78, 5) is 25.0. The predicted molar refractivity (Wildman–Crippen MR) is 23.1 cm³/mol. The van der Waals surface area contributed by atoms with E-state index < -0.39 is 18.5 Å². The minimum atomic E-state index is -2.33. The first kappa shape index (κ1) is 36.0. The van der Waals surface area contributed by atoms with Gasteiger partial charge in [0.15, 0.2) is 0 Å². The molecule has 0 saturated heterocycles. The Morgan fingerprint density at radius 2 is 0.667 bits per heavy atom. The fourth-order valence-electron chi connectivity index (χ4n) is 0. The van der Waals surface area contributed by atoms with Crippen LogP contribution in [0, 0.1) is 0 Å². The zero-order valence-electron chi connectivity index (χ0n) is 8.38. The fraction of sp³-hybridized carbons (Fsp3) is 0. The Balaban J connectivity index is -0.0000000135. The summed E-state index contributed by atoms with van der Waals surface area (Å²) >= 11 is 0. The van der Waals surface area contributed by atoms with Gasteiger partial charge in [0.25, 0.3) is 0 Å². The Morgan fingerprint density at radius 1 is 0.667 bits per heavy atom. The number of hydrogen-bond acceptors (Lipinski definition) is 9. The van der Waals surface area contributed by atoms with E-state index in [1.165, 1.54) is 0 Å². The van der Waals surface area contributed by atoms with Crippen molar-refractivity contribution in [1.82, 2.24) is 0 Å². The van der Waals surface area contributed by atoms with E-state index in [2.05, 4.69) is 0 Å². The molecule has 12 heteroatoms. The summed E-state index contributed by atoms with van der Waals surface area (Å²) in [5, 5.41) is 50.0. The third-order valence-corrected chi connectivity index (χ3v) is 0. The van der Waals surface area contributed by atoms with Gasteiger partial charge < -0.3 is 46.4 Å². The van der Waals surface area contributed by atoms with Gasteiger partial charge >= 0.3 is 115 Å². The van der Waals surface area contributed by atoms with Crippen molar-refractivity contribution in [1.29, 1.82) is 0 Å². The Bertz CT molecular complexity index is 128. The number of carboxylic acid groups (broad SMARTS) is 6. The SMILES string of the molecule is O=C([O-])[O-].O=C([O-])[O-].O=C([O-])[O-].[Ca+2].[H-].[K+].[Zr+4]. The molecule has 0 N–H and O–H groups in total. The smallest absolute Gasteiger partial charge is 1.00 e. The van der Waals surface area contributed by atoms with Crippen molar-refractivity contribution >= 4 is 56.2 Å². The van der Waals surface area contributed by atoms with Crippen LogP contribution in [0.1, 0.15) is 1.43 Å². The molecule has 74 valence electrons. The normalized spacial score (nSPS) is 4.80. The van der Waals surface area contributed by atoms with Crippen molar-refractivity contribution in [3.8, 4) is 0 Å². The largest absolute Gasteiger partial charge is 4.00 e. The van der Waals surface area contributed by atoms with Crippen molar-refractivity contribution in [3.63, 3.8) is 0 Å². The molecule has 0 saturated carbocycles. The van der Waals surface area contributed by atoms with E-state index in [0.717, 1.165) is 0 Å². The van der Waals surface area contributed by atoms with E-state index in [1.807, 2.05) is 0 Å². The van der Waals surface area contributed by atoms with E-state index in [-0.39, 0.29) is 117 Å². The minimum Gasteiger partial charge on any atom is -1.00 e. The third kappa shape index (κ3) is 1140. The number of rotatable bonds is 0. The van der Waals surface area contributed by atoms with Gasteiger partial charge in [-0.25, -0.2) is 0 Å². The molecule has 0 spiro atoms. The third-order valence-electron chi connectivity index (χ3n) is 0. The maximum Gasteiger partial charge on any atom is 4.00 e. The zero-order chi connectivity index (χ0) is 10.7. The summed E-state index contributed by atoms with van der Waals surface area (Å²) in [6.45, 7) is 0. The van der Waals surface area contributed by atoms with Crippen molar-refractivity contribution in [2.24, 2.45) is 0 Å². The van der Waals surface area contributed by atoms with E-state index in [0.29, 0.717) is 0 Å². The van der Waals surface area contributed by atoms with Crippen LogP contribution in [0.15, 0.2) is 0 Å². The van der Waals surface area contributed by atoms with Crippen LogP contribution in [-0.4, -0.2) is 56.2 Å². The van der Waals surface area contributed by atoms with Crippen LogP contribution in [0.3, 0.4) is 0 Å². The number of carbonyl (C=O) groups excluding carboxylic acids is 3. The standard InChI is InChI=1S/3CH2O3.Ca.K.Zr.H/c3*2-1(3)4;;;;/h3*(H2,2,3,4);;;;/q;;;+2;+1;+4;-1/p-6. The first-order valence-corrected chi connectivity index (χ1v) is 1.84. The van der Waals surface area contributed by atoms with Gasteiger partial charge in [0.05, 0.1) is 0 Å². The topological polar surface area (TPSA) is 190 Å². The van der Waals surface area contributed by atoms with E-state index in [1.54, 1.807) is 0 Å². The predicted octanol–water partition coefficient (Wildman–Crippen LogP) is -10.6. The van der Waals surface area contributed by atoms with E-state index in [4.69, 9.17) is 45.0 Å². The molecule has 0 aromatic rings. The molecular weight excluding hydrogens is 350 g/mol. The molecule has 0 amide bonds. The molecule has 0 unspecified atom stereocenters. The van der Waals surface area contributed by atoms with E-state index >= 15 is 0 Å². The molecule has 0 aliphatic carbocycles. The Labute approximate surface area is 177 Å². The van der Waals surface area contributed by atoms with Crippen molar-refractivity contribution in [2.75, 3.05) is 0 Å². The van der Waals surface area contributed by atoms with Crippen molar-refractivity contribution < 1.29 is 124 Å². The number of carbonyl (C=O) groups is 3. The van der Waals surface area contributed by atoms with Crippen molar-refractivity contribution in [2.45, 2.75) is 0 Å². The summed E-state index contributed by atoms with van der Waals surface area (Å²) in [5.74, 6) is 0. The van der Waals surface area contributed by atoms with Gasteiger partial charge in [0.1, 0.15) is 0 Å². The molecule has 0 rings (SSSR count). The van der Waals surface area contributed by atoms with Gasteiger partial charge in [-0.2, -0.15) is 0 Å². The first-order chi connectivity index (χ1) is 5.20. The van der Waals surface area contributed by atoms with Crippen LogP contribution in [0.25, 0.3) is 0 Å². The zero-order valence-corrected chi connectivity index (χ0v) is 15.2. The van der Waals surface area contributed by atoms with Crippen LogP contribution in [0.4, 0.5) is 14.4 Å². The quantitative estimate of drug-likeness (QED) is 0.381. The van der Waals surface area contributed by atoms with Crippen LogP contribution in [0.5, 0.6) is 0 Å². The van der Waals surface area contributed by atoms with Crippen molar-refractivity contribution in [3.05, 3.63) is 0 Å². The summed E-state index contributed by atoms with van der Waals surface area (Å²) in [7, 11) is 0. The Kier molecular flexibility index (Phi) is 70.9. The maximum absolute atomic E-state index is 8.33. The summed E-state index contributed by atoms with van der Waals surface area (Å²) in [6.07, 6.45) is -7.00. The fourth-order valence-corrected chi connectivity index (χ4v) is 0. The molecule has 0 aromatic heterocycles. The molecule has 0 aliphatic rings. The monoisotopic (exact) mass is 350 g/mol. The second-order valence-corrected chi connectivity index (χ2v) is 0.750. The maximum atomic E-state index is 8.33. The molecule has 15 heavy (non-hydrogen) atoms. The molecule has 0 heterocycles. The molecule has 0 atom stereocenters. The molecule has 0 aliphatic heterocycles. The van der Waals surface area contributed by atoms with Gasteiger partial charge in [0, 0.05) is 0 Å². The molecule has 0 radical (unpaired) electrons. The summed E-state index contributed by atoms with van der Waals surface area (Å²) < 4.78 is 0. The Hall–Kier alpha value is 1.59. The van der Waals surface area contributed by atoms with Gasteiger partial charge in [-0.15, -0.1) is 0 Å². The summed E-state index contributed by atoms with van der Waals surface area (Å²) in [5.41, 5.74) is 0. The van der Waals surface area contributed by atoms with Gasteiger partial charge in [0.2, 0.25) is 0 Å². The molecule has 9 nitrogen and oxygen atoms in total. The van der Waals surface area contributed by atoms with Crippen LogP contribution < -0.4 is 82.0 Å². The van der Waals surface area contributed by atoms with Gasteiger partial charge in [-0.1, -0.05) is 0 Å². The molecule has 0 aromatic carbocycles. The average Bonchev–Trinajstić information content (AvgIpc) is 1.54. The van der Waals surface area contributed by atoms with Gasteiger partial charge in [-0.05, 0) is 18.5 Å². The van der Waals surface area contributed by atoms with Crippen LogP contribution in [-0.2, 0) is 26.2 Å². The Morgan fingerprint density at radius 3 is 0.667 bits per heavy atom. The molecule has 0 fully saturated rings. The first-order valence-electron chi connectivity index (χ1n) is 1.84. The van der Waals surface area contributed by atoms with E-state index in [9.17, 15) is 0 Å². The van der Waals surface area contributed by atoms with Gasteiger partial charge in [-0.3, -0.25) is 0 Å². The average molecular weight is 351 g/mol. The van der Waals surface area contributed by atoms with Crippen LogP contribution in [0.2, 0.25) is 0 Å². The van der Waals surface area contributed by atoms with Crippen LogP contribution >= 0.6 is 0 Å². The second kappa shape index (κ2) is 29.6. The number of hydrogen-bond donors (Lipinski definition) is 0. The second-order valence-electron chi connectivity index (χ2n) is 0.750. The summed E-state index contributed by atoms with van der Waals surface area (Å²) in [6, 6.07) is 0.